The van der Waals surface area contributed by atoms with Crippen LogP contribution >= 0.6 is 0 Å². The van der Waals surface area contributed by atoms with Crippen molar-refractivity contribution in [3.8, 4) is 5.75 Å². The topological polar surface area (TPSA) is 49.4 Å². The fraction of sp³-hybridized carbons (Fsp3) is 0.618. The van der Waals surface area contributed by atoms with Crippen molar-refractivity contribution in [1.82, 2.24) is 4.48 Å². The lowest BCUT2D eigenvalue weighted by atomic mass is 10.0. The van der Waals surface area contributed by atoms with Crippen LogP contribution in [-0.2, 0) is 11.3 Å². The zero-order valence-electron chi connectivity index (χ0n) is 24.9. The summed E-state index contributed by atoms with van der Waals surface area (Å²) in [4.78, 5) is 10.2. The average Bonchev–Trinajstić information content (AvgIpc) is 2.92. The van der Waals surface area contributed by atoms with Gasteiger partial charge >= 0.3 is 0 Å². The molecule has 38 heavy (non-hydrogen) atoms. The van der Waals surface area contributed by atoms with E-state index in [4.69, 9.17) is 4.74 Å². The molecule has 0 heterocycles. The van der Waals surface area contributed by atoms with Crippen LogP contribution in [0.25, 0.3) is 0 Å². The van der Waals surface area contributed by atoms with E-state index in [9.17, 15) is 9.90 Å². The number of hydrogen-bond acceptors (Lipinski definition) is 3. The van der Waals surface area contributed by atoms with E-state index in [-0.39, 0.29) is 6.42 Å². The molecule has 0 N–H and O–H groups in total. The van der Waals surface area contributed by atoms with Crippen molar-refractivity contribution in [2.75, 3.05) is 21.2 Å². The van der Waals surface area contributed by atoms with Gasteiger partial charge in [0.15, 0.2) is 0 Å². The molecule has 0 saturated heterocycles. The zero-order valence-corrected chi connectivity index (χ0v) is 24.9. The van der Waals surface area contributed by atoms with Crippen molar-refractivity contribution in [3.63, 3.8) is 0 Å². The van der Waals surface area contributed by atoms with E-state index < -0.39 is 5.97 Å². The van der Waals surface area contributed by atoms with Gasteiger partial charge in [0, 0.05) is 11.5 Å². The summed E-state index contributed by atoms with van der Waals surface area (Å²) in [6.45, 7) is 3.23. The zero-order chi connectivity index (χ0) is 27.9. The van der Waals surface area contributed by atoms with Gasteiger partial charge in [0.05, 0.1) is 21.2 Å². The molecule has 0 aliphatic rings. The van der Waals surface area contributed by atoms with Crippen molar-refractivity contribution in [2.45, 2.75) is 116 Å². The molecule has 0 saturated carbocycles. The highest BCUT2D eigenvalue weighted by Gasteiger charge is 2.18. The molecule has 0 bridgehead atoms. The Bertz CT molecular complexity index is 817. The Morgan fingerprint density at radius 1 is 0.684 bits per heavy atom. The van der Waals surface area contributed by atoms with E-state index in [1.807, 2.05) is 12.1 Å². The molecular formula is C34H55NO3. The fourth-order valence-electron chi connectivity index (χ4n) is 4.75. The van der Waals surface area contributed by atoms with Gasteiger partial charge in [-0.3, -0.25) is 4.48 Å². The third-order valence-corrected chi connectivity index (χ3v) is 7.18. The number of methoxy groups -OCH3 is 1. The molecule has 4 nitrogen and oxygen atoms in total. The maximum absolute atomic E-state index is 10.2. The molecule has 0 aromatic heterocycles. The predicted molar refractivity (Wildman–Crippen MR) is 161 cm³/mol. The number of nitrogens with zero attached hydrogens (tertiary/aromatic N) is 1. The van der Waals surface area contributed by atoms with Crippen molar-refractivity contribution in [2.24, 2.45) is 0 Å². The molecule has 0 fully saturated rings. The van der Waals surface area contributed by atoms with Crippen molar-refractivity contribution >= 4 is 11.7 Å². The second kappa shape index (κ2) is 21.6. The van der Waals surface area contributed by atoms with Gasteiger partial charge in [-0.05, 0) is 49.2 Å². The molecule has 0 unspecified atom stereocenters. The van der Waals surface area contributed by atoms with Gasteiger partial charge in [-0.25, -0.2) is 0 Å². The summed E-state index contributed by atoms with van der Waals surface area (Å²) in [5.41, 5.74) is 2.62. The molecule has 4 heteroatoms. The van der Waals surface area contributed by atoms with Gasteiger partial charge in [-0.2, -0.15) is 0 Å². The second-order valence-electron chi connectivity index (χ2n) is 11.1. The third kappa shape index (κ3) is 17.2. The first-order valence-corrected chi connectivity index (χ1v) is 15.1. The number of ether oxygens (including phenoxy) is 1. The first kappa shape index (κ1) is 33.7. The number of unbranched alkanes of at least 4 members (excludes halogenated alkanes) is 14. The minimum Gasteiger partial charge on any atom is -0.550 e. The highest BCUT2D eigenvalue weighted by atomic mass is 16.5. The Labute approximate surface area is 234 Å². The lowest BCUT2D eigenvalue weighted by Gasteiger charge is -2.29. The molecule has 0 radical (unpaired) electrons. The molecule has 214 valence electrons. The van der Waals surface area contributed by atoms with E-state index in [1.165, 1.54) is 94.7 Å². The smallest absolute Gasteiger partial charge is 0.132 e. The summed E-state index contributed by atoms with van der Waals surface area (Å²) < 4.78 is 6.02. The van der Waals surface area contributed by atoms with Crippen LogP contribution in [0, 0.1) is 0 Å². The van der Waals surface area contributed by atoms with Gasteiger partial charge in [0.25, 0.3) is 0 Å². The molecule has 2 aromatic carbocycles. The summed E-state index contributed by atoms with van der Waals surface area (Å²) in [6.07, 6.45) is 19.9. The number of aliphatic carboxylic acids is 1. The lowest BCUT2D eigenvalue weighted by molar-refractivity contribution is -0.305. The highest BCUT2D eigenvalue weighted by molar-refractivity contribution is 5.64. The van der Waals surface area contributed by atoms with Crippen molar-refractivity contribution in [1.29, 1.82) is 0 Å². The Kier molecular flexibility index (Phi) is 19.1. The Hall–Kier alpha value is -2.33. The molecule has 0 atom stereocenters. The van der Waals surface area contributed by atoms with Crippen LogP contribution in [0.2, 0.25) is 0 Å². The van der Waals surface area contributed by atoms with E-state index in [1.54, 1.807) is 7.11 Å². The highest BCUT2D eigenvalue weighted by Crippen LogP contribution is 2.22. The minimum absolute atomic E-state index is 0.234. The number of quaternary nitrogens is 1. The lowest BCUT2D eigenvalue weighted by Crippen LogP contribution is -2.39. The van der Waals surface area contributed by atoms with E-state index in [2.05, 4.69) is 63.5 Å². The van der Waals surface area contributed by atoms with Crippen LogP contribution in [0.3, 0.4) is 0 Å². The molecule has 0 spiro atoms. The number of benzene rings is 2. The van der Waals surface area contributed by atoms with E-state index >= 15 is 0 Å². The van der Waals surface area contributed by atoms with Crippen molar-refractivity contribution < 1.29 is 14.6 Å². The van der Waals surface area contributed by atoms with E-state index in [0.717, 1.165) is 29.6 Å². The van der Waals surface area contributed by atoms with Gasteiger partial charge in [-0.1, -0.05) is 115 Å². The number of carboxylic acid groups (broad SMARTS) is 1. The fourth-order valence-corrected chi connectivity index (χ4v) is 4.75. The molecular weight excluding hydrogens is 470 g/mol. The average molecular weight is 526 g/mol. The number of rotatable bonds is 20. The van der Waals surface area contributed by atoms with E-state index in [0.29, 0.717) is 0 Å². The summed E-state index contributed by atoms with van der Waals surface area (Å²) in [6, 6.07) is 18.8. The van der Waals surface area contributed by atoms with Crippen LogP contribution in [0.1, 0.15) is 115 Å². The largest absolute Gasteiger partial charge is 0.550 e. The van der Waals surface area contributed by atoms with Crippen molar-refractivity contribution in [3.05, 3.63) is 60.2 Å². The first-order valence-electron chi connectivity index (χ1n) is 15.1. The third-order valence-electron chi connectivity index (χ3n) is 7.18. The number of para-hydroxylation sites is 1. The monoisotopic (exact) mass is 525 g/mol. The Morgan fingerprint density at radius 2 is 1.13 bits per heavy atom. The summed E-state index contributed by atoms with van der Waals surface area (Å²) >= 11 is 0. The van der Waals surface area contributed by atoms with Gasteiger partial charge in [0.2, 0.25) is 0 Å². The maximum Gasteiger partial charge on any atom is 0.132 e. The van der Waals surface area contributed by atoms with Crippen LogP contribution < -0.4 is 14.3 Å². The predicted octanol–water partition coefficient (Wildman–Crippen LogP) is 8.46. The van der Waals surface area contributed by atoms with Crippen LogP contribution in [0.4, 0.5) is 5.69 Å². The Morgan fingerprint density at radius 3 is 1.55 bits per heavy atom. The van der Waals surface area contributed by atoms with Crippen LogP contribution in [-0.4, -0.2) is 27.2 Å². The van der Waals surface area contributed by atoms with Gasteiger partial charge in [-0.15, -0.1) is 0 Å². The normalized spacial score (nSPS) is 11.1. The number of hydrogen-bond donors (Lipinski definition) is 0. The van der Waals surface area contributed by atoms with Gasteiger partial charge < -0.3 is 14.6 Å². The standard InChI is InChI=1S/C18H36O2.C16H20NO/c1-2-3-4-5-6-7-8-9-10-11-12-13-14-15-16-17-18(19)20;1-17(2,15-7-5-4-6-8-15)13-14-9-11-16(18-3)12-10-14/h2-17H2,1H3,(H,19,20);4-12H,13H2,1-3H3/q;+1/p-1. The number of carbonyl (C=O) groups is 1. The first-order chi connectivity index (χ1) is 18.4. The molecule has 0 aliphatic carbocycles. The quantitative estimate of drug-likeness (QED) is 0.129. The number of carboxylic acids is 1. The van der Waals surface area contributed by atoms with Crippen LogP contribution in [0.5, 0.6) is 5.75 Å². The molecule has 2 aromatic rings. The van der Waals surface area contributed by atoms with Crippen LogP contribution in [0.15, 0.2) is 54.6 Å². The summed E-state index contributed by atoms with van der Waals surface area (Å²) in [7, 11) is 6.14. The second-order valence-corrected chi connectivity index (χ2v) is 11.1. The van der Waals surface area contributed by atoms with Gasteiger partial charge in [0.1, 0.15) is 18.0 Å². The minimum atomic E-state index is -0.903. The molecule has 0 amide bonds. The summed E-state index contributed by atoms with van der Waals surface area (Å²) in [5, 5.41) is 10.2. The SMILES string of the molecule is CCCCCCCCCCCCCCCCCC(=O)[O-].COc1ccc(C[N+](C)(C)c2ccccc2)cc1. The number of carbonyl (C=O) groups excluding carboxylic acids is 1. The molecule has 0 aliphatic heterocycles. The Balaban J connectivity index is 0.000000381. The summed E-state index contributed by atoms with van der Waals surface area (Å²) in [5.74, 6) is 0.00320. The molecule has 2 rings (SSSR count). The maximum atomic E-state index is 10.2.